The summed E-state index contributed by atoms with van der Waals surface area (Å²) in [5.74, 6) is 0. The molecule has 96 valence electrons. The van der Waals surface area contributed by atoms with Gasteiger partial charge in [0.25, 0.3) is 0 Å². The van der Waals surface area contributed by atoms with Gasteiger partial charge in [0, 0.05) is 0 Å². The first-order valence-corrected chi connectivity index (χ1v) is 9.11. The van der Waals surface area contributed by atoms with Crippen molar-refractivity contribution in [2.75, 3.05) is 4.98 Å². The summed E-state index contributed by atoms with van der Waals surface area (Å²) in [7, 11) is -1.72. The van der Waals surface area contributed by atoms with E-state index in [1.165, 1.54) is 0 Å². The van der Waals surface area contributed by atoms with Crippen LogP contribution in [0.5, 0.6) is 0 Å². The quantitative estimate of drug-likeness (QED) is 0.735. The van der Waals surface area contributed by atoms with Gasteiger partial charge in [0.2, 0.25) is 0 Å². The van der Waals surface area contributed by atoms with E-state index in [9.17, 15) is 13.2 Å². The summed E-state index contributed by atoms with van der Waals surface area (Å²) in [6.07, 6.45) is -4.44. The lowest BCUT2D eigenvalue weighted by atomic mass is 10.2. The number of halogens is 5. The second-order valence-corrected chi connectivity index (χ2v) is 10.3. The monoisotopic (exact) mass is 301 g/mol. The fraction of sp³-hybridized carbons (Fsp3) is 0.400. The van der Waals surface area contributed by atoms with Crippen LogP contribution in [0.4, 0.5) is 18.9 Å². The van der Waals surface area contributed by atoms with E-state index < -0.39 is 20.0 Å². The minimum Gasteiger partial charge on any atom is -0.408 e. The first-order chi connectivity index (χ1) is 7.50. The molecule has 0 saturated carbocycles. The smallest absolute Gasteiger partial charge is 0.408 e. The molecule has 1 rings (SSSR count). The van der Waals surface area contributed by atoms with Gasteiger partial charge >= 0.3 is 6.18 Å². The van der Waals surface area contributed by atoms with Crippen LogP contribution in [-0.4, -0.2) is 8.24 Å². The van der Waals surface area contributed by atoms with Crippen LogP contribution < -0.4 is 4.98 Å². The molecule has 0 amide bonds. The van der Waals surface area contributed by atoms with Crippen molar-refractivity contribution in [3.63, 3.8) is 0 Å². The Morgan fingerprint density at radius 1 is 1.06 bits per heavy atom. The molecular weight excluding hydrogens is 290 g/mol. The maximum Gasteiger partial charge on any atom is 0.416 e. The van der Waals surface area contributed by atoms with Crippen LogP contribution >= 0.6 is 23.2 Å². The van der Waals surface area contributed by atoms with Gasteiger partial charge in [-0.05, 0) is 12.1 Å². The van der Waals surface area contributed by atoms with Crippen LogP contribution in [0.25, 0.3) is 0 Å². The van der Waals surface area contributed by atoms with Crippen molar-refractivity contribution >= 4 is 37.1 Å². The predicted molar refractivity (Wildman–Crippen MR) is 68.4 cm³/mol. The van der Waals surface area contributed by atoms with Crippen molar-refractivity contribution in [2.45, 2.75) is 25.8 Å². The summed E-state index contributed by atoms with van der Waals surface area (Å²) in [5, 5.41) is -0.0144. The summed E-state index contributed by atoms with van der Waals surface area (Å²) >= 11 is 11.6. The van der Waals surface area contributed by atoms with Gasteiger partial charge in [-0.15, -0.1) is 0 Å². The van der Waals surface area contributed by atoms with Gasteiger partial charge < -0.3 is 4.98 Å². The van der Waals surface area contributed by atoms with Crippen LogP contribution in [-0.2, 0) is 6.18 Å². The predicted octanol–water partition coefficient (Wildman–Crippen LogP) is 5.26. The third-order valence-corrected chi connectivity index (χ3v) is 3.47. The number of rotatable bonds is 2. The SMILES string of the molecule is C[Si](C)(C)Nc1c(Cl)cc(C(F)(F)F)cc1Cl. The zero-order valence-corrected chi connectivity index (χ0v) is 12.1. The van der Waals surface area contributed by atoms with Gasteiger partial charge in [-0.2, -0.15) is 13.2 Å². The van der Waals surface area contributed by atoms with Gasteiger partial charge in [0.15, 0.2) is 0 Å². The first kappa shape index (κ1) is 14.7. The standard InChI is InChI=1S/C10H12Cl2F3NSi/c1-17(2,3)16-9-7(11)4-6(5-8(9)12)10(13,14)15/h4-5,16H,1-3H3. The van der Waals surface area contributed by atoms with E-state index in [0.29, 0.717) is 5.69 Å². The van der Waals surface area contributed by atoms with E-state index in [1.54, 1.807) is 0 Å². The number of hydrogen-bond acceptors (Lipinski definition) is 1. The Labute approximate surface area is 109 Å². The summed E-state index contributed by atoms with van der Waals surface area (Å²) in [6, 6.07) is 1.77. The van der Waals surface area contributed by atoms with Crippen molar-refractivity contribution in [1.82, 2.24) is 0 Å². The zero-order chi connectivity index (χ0) is 13.4. The Morgan fingerprint density at radius 2 is 1.47 bits per heavy atom. The highest BCUT2D eigenvalue weighted by Crippen LogP contribution is 2.39. The molecule has 0 aliphatic heterocycles. The van der Waals surface area contributed by atoms with E-state index in [1.807, 2.05) is 19.6 Å². The number of alkyl halides is 3. The highest BCUT2D eigenvalue weighted by Gasteiger charge is 2.32. The highest BCUT2D eigenvalue weighted by atomic mass is 35.5. The normalized spacial score (nSPS) is 12.7. The molecule has 0 radical (unpaired) electrons. The van der Waals surface area contributed by atoms with Crippen molar-refractivity contribution in [1.29, 1.82) is 0 Å². The summed E-state index contributed by atoms with van der Waals surface area (Å²) in [4.78, 5) is 3.10. The fourth-order valence-electron chi connectivity index (χ4n) is 1.23. The van der Waals surface area contributed by atoms with Crippen LogP contribution in [0, 0.1) is 0 Å². The average Bonchev–Trinajstić information content (AvgIpc) is 2.07. The third-order valence-electron chi connectivity index (χ3n) is 1.87. The van der Waals surface area contributed by atoms with Crippen LogP contribution in [0.2, 0.25) is 29.7 Å². The Bertz CT molecular complexity index is 404. The van der Waals surface area contributed by atoms with E-state index >= 15 is 0 Å². The Hall–Kier alpha value is -0.393. The highest BCUT2D eigenvalue weighted by molar-refractivity contribution is 6.79. The van der Waals surface area contributed by atoms with Gasteiger partial charge in [-0.25, -0.2) is 0 Å². The maximum absolute atomic E-state index is 12.5. The Morgan fingerprint density at radius 3 is 1.76 bits per heavy atom. The largest absolute Gasteiger partial charge is 0.416 e. The molecule has 1 N–H and O–H groups in total. The fourth-order valence-corrected chi connectivity index (χ4v) is 2.99. The first-order valence-electron chi connectivity index (χ1n) is 4.85. The van der Waals surface area contributed by atoms with E-state index in [4.69, 9.17) is 23.2 Å². The second kappa shape index (κ2) is 4.70. The molecule has 0 unspecified atom stereocenters. The molecule has 0 aliphatic rings. The van der Waals surface area contributed by atoms with Gasteiger partial charge in [0.1, 0.15) is 8.24 Å². The van der Waals surface area contributed by atoms with Crippen molar-refractivity contribution in [2.24, 2.45) is 0 Å². The third kappa shape index (κ3) is 4.08. The number of hydrogen-bond donors (Lipinski definition) is 1. The molecule has 0 spiro atoms. The zero-order valence-electron chi connectivity index (χ0n) is 9.54. The van der Waals surface area contributed by atoms with Gasteiger partial charge in [-0.3, -0.25) is 0 Å². The average molecular weight is 302 g/mol. The maximum atomic E-state index is 12.5. The molecule has 0 aliphatic carbocycles. The molecule has 0 bridgehead atoms. The summed E-state index contributed by atoms with van der Waals surface area (Å²) in [6.45, 7) is 5.99. The molecule has 0 heterocycles. The molecule has 0 atom stereocenters. The van der Waals surface area contributed by atoms with Crippen LogP contribution in [0.1, 0.15) is 5.56 Å². The van der Waals surface area contributed by atoms with Gasteiger partial charge in [-0.1, -0.05) is 42.8 Å². The number of benzene rings is 1. The molecule has 17 heavy (non-hydrogen) atoms. The number of nitrogens with one attached hydrogen (secondary N) is 1. The molecular formula is C10H12Cl2F3NSi. The topological polar surface area (TPSA) is 12.0 Å². The Balaban J connectivity index is 3.20. The Kier molecular flexibility index (Phi) is 4.06. The van der Waals surface area contributed by atoms with Gasteiger partial charge in [0.05, 0.1) is 21.3 Å². The van der Waals surface area contributed by atoms with Crippen molar-refractivity contribution in [3.8, 4) is 0 Å². The van der Waals surface area contributed by atoms with Crippen LogP contribution in [0.3, 0.4) is 0 Å². The van der Waals surface area contributed by atoms with Crippen molar-refractivity contribution in [3.05, 3.63) is 27.7 Å². The minimum atomic E-state index is -4.44. The lowest BCUT2D eigenvalue weighted by Crippen LogP contribution is -2.32. The molecule has 1 aromatic carbocycles. The van der Waals surface area contributed by atoms with E-state index in [0.717, 1.165) is 12.1 Å². The second-order valence-electron chi connectivity index (χ2n) is 4.69. The summed E-state index contributed by atoms with van der Waals surface area (Å²) < 4.78 is 37.5. The minimum absolute atomic E-state index is 0.00718. The van der Waals surface area contributed by atoms with E-state index in [-0.39, 0.29) is 10.0 Å². The molecule has 0 aromatic heterocycles. The lowest BCUT2D eigenvalue weighted by molar-refractivity contribution is -0.137. The summed E-state index contributed by atoms with van der Waals surface area (Å²) in [5.41, 5.74) is -0.464. The lowest BCUT2D eigenvalue weighted by Gasteiger charge is -2.22. The van der Waals surface area contributed by atoms with Crippen LogP contribution in [0.15, 0.2) is 12.1 Å². The molecule has 7 heteroatoms. The molecule has 0 saturated heterocycles. The van der Waals surface area contributed by atoms with Crippen molar-refractivity contribution < 1.29 is 13.2 Å². The van der Waals surface area contributed by atoms with E-state index in [2.05, 4.69) is 4.98 Å². The number of anilines is 1. The molecule has 0 fully saturated rings. The molecule has 1 aromatic rings. The molecule has 1 nitrogen and oxygen atoms in total.